The standard InChI is InChI=1S/C17H18N4O/c1-2-8-22-17(21-13-18)15-9-16(12-19-11-15)20-10-14-6-4-3-5-7-14/h3-7,9,11-12,20H,2,8,10H2,1H3/b21-17-. The fourth-order valence-corrected chi connectivity index (χ4v) is 1.88. The van der Waals surface area contributed by atoms with Crippen LogP contribution in [0.2, 0.25) is 0 Å². The highest BCUT2D eigenvalue weighted by Crippen LogP contribution is 2.12. The van der Waals surface area contributed by atoms with Gasteiger partial charge in [0.25, 0.3) is 0 Å². The number of aromatic nitrogens is 1. The van der Waals surface area contributed by atoms with E-state index in [-0.39, 0.29) is 0 Å². The second-order valence-electron chi connectivity index (χ2n) is 4.67. The molecule has 0 aliphatic heterocycles. The minimum atomic E-state index is 0.306. The van der Waals surface area contributed by atoms with Gasteiger partial charge in [0.05, 0.1) is 17.9 Å². The van der Waals surface area contributed by atoms with E-state index in [1.165, 1.54) is 5.56 Å². The molecule has 0 fully saturated rings. The van der Waals surface area contributed by atoms with Gasteiger partial charge in [-0.15, -0.1) is 4.99 Å². The Balaban J connectivity index is 2.08. The van der Waals surface area contributed by atoms with E-state index in [9.17, 15) is 0 Å². The third kappa shape index (κ3) is 4.60. The van der Waals surface area contributed by atoms with E-state index >= 15 is 0 Å². The molecule has 112 valence electrons. The first-order valence-corrected chi connectivity index (χ1v) is 7.16. The Hall–Kier alpha value is -2.87. The normalized spacial score (nSPS) is 10.8. The molecule has 0 aliphatic carbocycles. The molecule has 0 atom stereocenters. The van der Waals surface area contributed by atoms with E-state index in [4.69, 9.17) is 10.00 Å². The zero-order valence-corrected chi connectivity index (χ0v) is 12.5. The van der Waals surface area contributed by atoms with E-state index in [1.54, 1.807) is 18.6 Å². The van der Waals surface area contributed by atoms with Crippen molar-refractivity contribution in [2.24, 2.45) is 4.99 Å². The maximum absolute atomic E-state index is 8.77. The maximum atomic E-state index is 8.77. The number of nitrogens with zero attached hydrogens (tertiary/aromatic N) is 3. The summed E-state index contributed by atoms with van der Waals surface area (Å²) in [4.78, 5) is 7.90. The molecule has 2 aromatic rings. The number of hydrogen-bond acceptors (Lipinski definition) is 5. The number of nitrogens with one attached hydrogen (secondary N) is 1. The van der Waals surface area contributed by atoms with Crippen LogP contribution in [0.15, 0.2) is 53.8 Å². The molecule has 1 aromatic carbocycles. The van der Waals surface area contributed by atoms with Crippen LogP contribution in [0.4, 0.5) is 5.69 Å². The molecule has 0 aliphatic rings. The van der Waals surface area contributed by atoms with Gasteiger partial charge in [0.2, 0.25) is 12.1 Å². The number of pyridine rings is 1. The third-order valence-corrected chi connectivity index (χ3v) is 2.92. The summed E-state index contributed by atoms with van der Waals surface area (Å²) >= 11 is 0. The topological polar surface area (TPSA) is 70.3 Å². The van der Waals surface area contributed by atoms with Gasteiger partial charge in [-0.3, -0.25) is 4.98 Å². The summed E-state index contributed by atoms with van der Waals surface area (Å²) in [7, 11) is 0. The first-order valence-electron chi connectivity index (χ1n) is 7.16. The Morgan fingerprint density at radius 3 is 2.86 bits per heavy atom. The molecular weight excluding hydrogens is 276 g/mol. The molecule has 22 heavy (non-hydrogen) atoms. The quantitative estimate of drug-likeness (QED) is 0.504. The van der Waals surface area contributed by atoms with E-state index in [0.29, 0.717) is 24.6 Å². The van der Waals surface area contributed by atoms with Crippen LogP contribution < -0.4 is 5.32 Å². The first kappa shape index (κ1) is 15.5. The predicted molar refractivity (Wildman–Crippen MR) is 86.4 cm³/mol. The van der Waals surface area contributed by atoms with Crippen molar-refractivity contribution >= 4 is 11.6 Å². The predicted octanol–water partition coefficient (Wildman–Crippen LogP) is 3.35. The van der Waals surface area contributed by atoms with Gasteiger partial charge in [0.15, 0.2) is 0 Å². The first-order chi connectivity index (χ1) is 10.8. The SMILES string of the molecule is CCCO/C(=N\C#N)c1cncc(NCc2ccccc2)c1. The number of nitriles is 1. The minimum Gasteiger partial charge on any atom is -0.477 e. The highest BCUT2D eigenvalue weighted by Gasteiger charge is 2.07. The van der Waals surface area contributed by atoms with Crippen molar-refractivity contribution in [2.45, 2.75) is 19.9 Å². The largest absolute Gasteiger partial charge is 0.477 e. The second kappa shape index (κ2) is 8.42. The lowest BCUT2D eigenvalue weighted by molar-refractivity contribution is 0.306. The second-order valence-corrected chi connectivity index (χ2v) is 4.67. The monoisotopic (exact) mass is 294 g/mol. The van der Waals surface area contributed by atoms with Gasteiger partial charge in [-0.1, -0.05) is 37.3 Å². The molecule has 1 aromatic heterocycles. The molecule has 0 bridgehead atoms. The summed E-state index contributed by atoms with van der Waals surface area (Å²) in [5.74, 6) is 0.306. The van der Waals surface area contributed by atoms with E-state index in [2.05, 4.69) is 27.4 Å². The van der Waals surface area contributed by atoms with Crippen LogP contribution in [0.3, 0.4) is 0 Å². The van der Waals surface area contributed by atoms with Crippen LogP contribution >= 0.6 is 0 Å². The Morgan fingerprint density at radius 2 is 2.14 bits per heavy atom. The lowest BCUT2D eigenvalue weighted by atomic mass is 10.2. The molecular formula is C17H18N4O. The lowest BCUT2D eigenvalue weighted by Gasteiger charge is -2.10. The van der Waals surface area contributed by atoms with Crippen LogP contribution in [0.1, 0.15) is 24.5 Å². The number of anilines is 1. The van der Waals surface area contributed by atoms with E-state index in [0.717, 1.165) is 12.1 Å². The Labute approximate surface area is 130 Å². The zero-order chi connectivity index (χ0) is 15.6. The lowest BCUT2D eigenvalue weighted by Crippen LogP contribution is -2.09. The Kier molecular flexibility index (Phi) is 5.94. The maximum Gasteiger partial charge on any atom is 0.233 e. The van der Waals surface area contributed by atoms with Crippen molar-refractivity contribution in [3.63, 3.8) is 0 Å². The number of benzene rings is 1. The minimum absolute atomic E-state index is 0.306. The summed E-state index contributed by atoms with van der Waals surface area (Å²) in [5, 5.41) is 12.1. The number of rotatable bonds is 6. The van der Waals surface area contributed by atoms with Crippen molar-refractivity contribution in [1.82, 2.24) is 4.98 Å². The highest BCUT2D eigenvalue weighted by molar-refractivity contribution is 5.95. The summed E-state index contributed by atoms with van der Waals surface area (Å²) in [6, 6.07) is 12.0. The molecule has 5 heteroatoms. The van der Waals surface area contributed by atoms with Crippen LogP contribution in [0.5, 0.6) is 0 Å². The summed E-state index contributed by atoms with van der Waals surface area (Å²) < 4.78 is 5.50. The van der Waals surface area contributed by atoms with Gasteiger partial charge in [0, 0.05) is 18.9 Å². The van der Waals surface area contributed by atoms with Crippen LogP contribution in [0, 0.1) is 11.5 Å². The fraction of sp³-hybridized carbons (Fsp3) is 0.235. The van der Waals surface area contributed by atoms with Crippen molar-refractivity contribution in [1.29, 1.82) is 5.26 Å². The summed E-state index contributed by atoms with van der Waals surface area (Å²) in [6.45, 7) is 3.22. The van der Waals surface area contributed by atoms with Gasteiger partial charge < -0.3 is 10.1 Å². The summed E-state index contributed by atoms with van der Waals surface area (Å²) in [5.41, 5.74) is 2.72. The van der Waals surface area contributed by atoms with Gasteiger partial charge in [-0.05, 0) is 18.1 Å². The zero-order valence-electron chi connectivity index (χ0n) is 12.5. The molecule has 0 amide bonds. The summed E-state index contributed by atoms with van der Waals surface area (Å²) in [6.07, 6.45) is 5.99. The Bertz CT molecular complexity index is 662. The molecule has 0 saturated carbocycles. The number of aliphatic imine (C=N–C) groups is 1. The van der Waals surface area contributed by atoms with Gasteiger partial charge in [-0.2, -0.15) is 5.26 Å². The third-order valence-electron chi connectivity index (χ3n) is 2.92. The molecule has 5 nitrogen and oxygen atoms in total. The van der Waals surface area contributed by atoms with Crippen molar-refractivity contribution in [3.8, 4) is 6.19 Å². The molecule has 1 heterocycles. The molecule has 2 rings (SSSR count). The number of ether oxygens (including phenoxy) is 1. The van der Waals surface area contributed by atoms with E-state index in [1.807, 2.05) is 31.2 Å². The van der Waals surface area contributed by atoms with Crippen molar-refractivity contribution < 1.29 is 4.74 Å². The average Bonchev–Trinajstić information content (AvgIpc) is 2.58. The number of hydrogen-bond donors (Lipinski definition) is 1. The van der Waals surface area contributed by atoms with Crippen molar-refractivity contribution in [3.05, 3.63) is 59.9 Å². The highest BCUT2D eigenvalue weighted by atomic mass is 16.5. The van der Waals surface area contributed by atoms with Crippen LogP contribution in [0.25, 0.3) is 0 Å². The van der Waals surface area contributed by atoms with E-state index < -0.39 is 0 Å². The van der Waals surface area contributed by atoms with Crippen molar-refractivity contribution in [2.75, 3.05) is 11.9 Å². The molecule has 0 unspecified atom stereocenters. The molecule has 0 spiro atoms. The smallest absolute Gasteiger partial charge is 0.233 e. The van der Waals surface area contributed by atoms with Crippen LogP contribution in [-0.2, 0) is 11.3 Å². The molecule has 1 N–H and O–H groups in total. The Morgan fingerprint density at radius 1 is 1.32 bits per heavy atom. The van der Waals surface area contributed by atoms with Gasteiger partial charge >= 0.3 is 0 Å². The van der Waals surface area contributed by atoms with Gasteiger partial charge in [0.1, 0.15) is 0 Å². The van der Waals surface area contributed by atoms with Gasteiger partial charge in [-0.25, -0.2) is 0 Å². The fourth-order valence-electron chi connectivity index (χ4n) is 1.88. The molecule has 0 radical (unpaired) electrons. The van der Waals surface area contributed by atoms with Crippen LogP contribution in [-0.4, -0.2) is 17.5 Å². The molecule has 0 saturated heterocycles. The average molecular weight is 294 g/mol.